The Morgan fingerprint density at radius 1 is 0.700 bits per heavy atom. The monoisotopic (exact) mass is 440 g/mol. The Labute approximate surface area is 185 Å². The van der Waals surface area contributed by atoms with Crippen LogP contribution in [0.3, 0.4) is 0 Å². The number of benzene rings is 3. The van der Waals surface area contributed by atoms with Gasteiger partial charge in [-0.1, -0.05) is 89.2 Å². The molecular formula is C25H29O3PS. The van der Waals surface area contributed by atoms with E-state index in [0.29, 0.717) is 17.2 Å². The summed E-state index contributed by atoms with van der Waals surface area (Å²) in [5.74, 6) is 2.28. The number of para-hydroxylation sites is 3. The lowest BCUT2D eigenvalue weighted by Crippen LogP contribution is -2.15. The predicted octanol–water partition coefficient (Wildman–Crippen LogP) is 7.87. The summed E-state index contributed by atoms with van der Waals surface area (Å²) in [5, 5.41) is 0. The van der Waals surface area contributed by atoms with E-state index >= 15 is 0 Å². The molecule has 5 heteroatoms. The van der Waals surface area contributed by atoms with E-state index in [1.54, 1.807) is 0 Å². The number of hydrogen-bond acceptors (Lipinski definition) is 4. The summed E-state index contributed by atoms with van der Waals surface area (Å²) >= 11 is 5.92. The molecule has 0 bridgehead atoms. The van der Waals surface area contributed by atoms with E-state index in [-0.39, 0.29) is 11.3 Å². The maximum Gasteiger partial charge on any atom is 0.490 e. The molecule has 0 heterocycles. The van der Waals surface area contributed by atoms with Gasteiger partial charge in [0.25, 0.3) is 0 Å². The third kappa shape index (κ3) is 5.65. The topological polar surface area (TPSA) is 27.7 Å². The van der Waals surface area contributed by atoms with Crippen LogP contribution < -0.4 is 13.6 Å². The summed E-state index contributed by atoms with van der Waals surface area (Å²) in [4.78, 5) is 0. The van der Waals surface area contributed by atoms with Crippen LogP contribution in [-0.4, -0.2) is 0 Å². The van der Waals surface area contributed by atoms with Crippen LogP contribution in [0.5, 0.6) is 17.2 Å². The standard InChI is InChI=1S/C25H29O3PS/c1-19(2)21-15-9-11-17-23(21)27-29(30,26-20-13-7-6-8-14-20)28-24-18-12-10-16-22(24)25(3,4)5/h6-19H,1-5H3. The lowest BCUT2D eigenvalue weighted by atomic mass is 9.86. The Kier molecular flexibility index (Phi) is 6.90. The van der Waals surface area contributed by atoms with Gasteiger partial charge in [0.15, 0.2) is 0 Å². The molecule has 3 nitrogen and oxygen atoms in total. The Balaban J connectivity index is 2.03. The predicted molar refractivity (Wildman–Crippen MR) is 128 cm³/mol. The normalized spacial score (nSPS) is 13.5. The van der Waals surface area contributed by atoms with Gasteiger partial charge in [0.1, 0.15) is 17.2 Å². The fourth-order valence-corrected chi connectivity index (χ4v) is 5.15. The highest BCUT2D eigenvalue weighted by molar-refractivity contribution is 8.08. The second kappa shape index (κ2) is 9.24. The molecule has 0 radical (unpaired) electrons. The highest BCUT2D eigenvalue weighted by Crippen LogP contribution is 2.52. The molecule has 0 aliphatic rings. The van der Waals surface area contributed by atoms with E-state index in [1.807, 2.05) is 72.8 Å². The van der Waals surface area contributed by atoms with E-state index in [4.69, 9.17) is 25.4 Å². The smallest absolute Gasteiger partial charge is 0.407 e. The molecule has 0 aromatic heterocycles. The Bertz CT molecular complexity index is 1030. The average Bonchev–Trinajstić information content (AvgIpc) is 2.68. The molecule has 0 aliphatic heterocycles. The molecule has 0 saturated heterocycles. The quantitative estimate of drug-likeness (QED) is 0.349. The minimum absolute atomic E-state index is 0.112. The first-order valence-electron chi connectivity index (χ1n) is 10.1. The van der Waals surface area contributed by atoms with E-state index in [9.17, 15) is 0 Å². The van der Waals surface area contributed by atoms with Crippen molar-refractivity contribution in [2.45, 2.75) is 46.0 Å². The molecule has 3 rings (SSSR count). The molecule has 0 N–H and O–H groups in total. The van der Waals surface area contributed by atoms with Gasteiger partial charge in [0.2, 0.25) is 0 Å². The summed E-state index contributed by atoms with van der Waals surface area (Å²) in [5.41, 5.74) is 2.01. The molecule has 30 heavy (non-hydrogen) atoms. The van der Waals surface area contributed by atoms with Crippen LogP contribution in [-0.2, 0) is 17.2 Å². The van der Waals surface area contributed by atoms with E-state index in [0.717, 1.165) is 11.1 Å². The Morgan fingerprint density at radius 2 is 1.23 bits per heavy atom. The number of rotatable bonds is 7. The van der Waals surface area contributed by atoms with Crippen molar-refractivity contribution in [2.75, 3.05) is 0 Å². The van der Waals surface area contributed by atoms with Crippen LogP contribution in [0.4, 0.5) is 0 Å². The molecule has 0 saturated carbocycles. The van der Waals surface area contributed by atoms with Crippen LogP contribution in [0.2, 0.25) is 0 Å². The van der Waals surface area contributed by atoms with Gasteiger partial charge in [0.05, 0.1) is 0 Å². The highest BCUT2D eigenvalue weighted by Gasteiger charge is 2.30. The third-order valence-electron chi connectivity index (χ3n) is 4.62. The van der Waals surface area contributed by atoms with E-state index < -0.39 is 6.72 Å². The molecule has 1 unspecified atom stereocenters. The molecule has 0 spiro atoms. The van der Waals surface area contributed by atoms with Gasteiger partial charge in [-0.2, -0.15) is 0 Å². The summed E-state index contributed by atoms with van der Waals surface area (Å²) < 4.78 is 18.9. The zero-order chi connectivity index (χ0) is 21.8. The Morgan fingerprint density at radius 3 is 1.87 bits per heavy atom. The second-order valence-electron chi connectivity index (χ2n) is 8.47. The first-order chi connectivity index (χ1) is 14.2. The van der Waals surface area contributed by atoms with Crippen molar-refractivity contribution < 1.29 is 13.6 Å². The fourth-order valence-electron chi connectivity index (χ4n) is 3.11. The van der Waals surface area contributed by atoms with Gasteiger partial charge in [-0.3, -0.25) is 0 Å². The second-order valence-corrected chi connectivity index (χ2v) is 11.3. The summed E-state index contributed by atoms with van der Waals surface area (Å²) in [6, 6.07) is 25.3. The van der Waals surface area contributed by atoms with Crippen LogP contribution in [0.25, 0.3) is 0 Å². The molecule has 3 aromatic carbocycles. The van der Waals surface area contributed by atoms with Crippen molar-refractivity contribution in [1.82, 2.24) is 0 Å². The SMILES string of the molecule is CC(C)c1ccccc1OP(=S)(Oc1ccccc1)Oc1ccccc1C(C)(C)C. The lowest BCUT2D eigenvalue weighted by molar-refractivity contribution is 0.376. The van der Waals surface area contributed by atoms with E-state index in [1.165, 1.54) is 0 Å². The van der Waals surface area contributed by atoms with Crippen molar-refractivity contribution in [3.05, 3.63) is 90.0 Å². The summed E-state index contributed by atoms with van der Waals surface area (Å²) in [6.07, 6.45) is 0. The maximum atomic E-state index is 6.38. The van der Waals surface area contributed by atoms with E-state index in [2.05, 4.69) is 40.7 Å². The molecule has 158 valence electrons. The molecule has 0 amide bonds. The van der Waals surface area contributed by atoms with Crippen LogP contribution in [0.15, 0.2) is 78.9 Å². The number of hydrogen-bond donors (Lipinski definition) is 0. The largest absolute Gasteiger partial charge is 0.490 e. The maximum absolute atomic E-state index is 6.38. The summed E-state index contributed by atoms with van der Waals surface area (Å²) in [6.45, 7) is 7.47. The van der Waals surface area contributed by atoms with Gasteiger partial charge < -0.3 is 13.6 Å². The van der Waals surface area contributed by atoms with Gasteiger partial charge in [0, 0.05) is 17.4 Å². The van der Waals surface area contributed by atoms with Crippen molar-refractivity contribution in [2.24, 2.45) is 0 Å². The molecule has 0 fully saturated rings. The zero-order valence-electron chi connectivity index (χ0n) is 18.2. The Hall–Kier alpha value is -2.29. The molecule has 3 aromatic rings. The van der Waals surface area contributed by atoms with Crippen LogP contribution in [0.1, 0.15) is 51.7 Å². The molecule has 0 aliphatic carbocycles. The molecule has 1 atom stereocenters. The van der Waals surface area contributed by atoms with Crippen molar-refractivity contribution in [3.8, 4) is 17.2 Å². The molecular weight excluding hydrogens is 411 g/mol. The zero-order valence-corrected chi connectivity index (χ0v) is 19.9. The van der Waals surface area contributed by atoms with Crippen LogP contribution >= 0.6 is 6.72 Å². The van der Waals surface area contributed by atoms with Crippen molar-refractivity contribution in [3.63, 3.8) is 0 Å². The van der Waals surface area contributed by atoms with Crippen molar-refractivity contribution >= 4 is 18.5 Å². The van der Waals surface area contributed by atoms with Gasteiger partial charge >= 0.3 is 6.72 Å². The first-order valence-corrected chi connectivity index (χ1v) is 12.7. The lowest BCUT2D eigenvalue weighted by Gasteiger charge is -2.28. The fraction of sp³-hybridized carbons (Fsp3) is 0.280. The van der Waals surface area contributed by atoms with Crippen molar-refractivity contribution in [1.29, 1.82) is 0 Å². The first kappa shape index (κ1) is 22.4. The van der Waals surface area contributed by atoms with Gasteiger partial charge in [-0.05, 0) is 41.2 Å². The summed E-state index contributed by atoms with van der Waals surface area (Å²) in [7, 11) is 0. The van der Waals surface area contributed by atoms with Gasteiger partial charge in [-0.25, -0.2) is 0 Å². The third-order valence-corrected chi connectivity index (χ3v) is 6.56. The minimum Gasteiger partial charge on any atom is -0.407 e. The van der Waals surface area contributed by atoms with Gasteiger partial charge in [-0.15, -0.1) is 0 Å². The van der Waals surface area contributed by atoms with Crippen LogP contribution in [0, 0.1) is 0 Å². The minimum atomic E-state index is -3.21. The average molecular weight is 441 g/mol. The highest BCUT2D eigenvalue weighted by atomic mass is 32.5.